The molecule has 2 N–H and O–H groups in total. The minimum Gasteiger partial charge on any atom is -0.481 e. The molecule has 0 unspecified atom stereocenters. The summed E-state index contributed by atoms with van der Waals surface area (Å²) in [5, 5.41) is 11.7. The number of benzene rings is 1. The number of thiazole rings is 1. The number of carbonyl (C=O) groups is 3. The molecule has 2 aromatic rings. The summed E-state index contributed by atoms with van der Waals surface area (Å²) in [5.74, 6) is -3.19. The summed E-state index contributed by atoms with van der Waals surface area (Å²) in [7, 11) is 0. The number of hydrogen-bond donors (Lipinski definition) is 2. The zero-order chi connectivity index (χ0) is 16.6. The number of nitrogens with one attached hydrogen (secondary N) is 1. The van der Waals surface area contributed by atoms with E-state index in [2.05, 4.69) is 10.3 Å². The SMILES string of the molecule is O=C(Nc1nc2c(s1)C(=O)C[C@@H](C(=O)O)C2)c1cccc(F)c1. The van der Waals surface area contributed by atoms with Gasteiger partial charge < -0.3 is 5.11 Å². The van der Waals surface area contributed by atoms with Crippen molar-refractivity contribution in [3.8, 4) is 0 Å². The van der Waals surface area contributed by atoms with E-state index in [4.69, 9.17) is 5.11 Å². The normalized spacial score (nSPS) is 16.7. The van der Waals surface area contributed by atoms with Crippen molar-refractivity contribution in [2.45, 2.75) is 12.8 Å². The number of amides is 1. The molecule has 3 rings (SSSR count). The van der Waals surface area contributed by atoms with Crippen LogP contribution in [0.1, 0.15) is 32.1 Å². The molecule has 1 aliphatic carbocycles. The monoisotopic (exact) mass is 334 g/mol. The number of fused-ring (bicyclic) bond motifs is 1. The number of aromatic nitrogens is 1. The quantitative estimate of drug-likeness (QED) is 0.898. The van der Waals surface area contributed by atoms with Gasteiger partial charge in [0.2, 0.25) is 0 Å². The van der Waals surface area contributed by atoms with Crippen LogP contribution in [0.4, 0.5) is 9.52 Å². The Morgan fingerprint density at radius 1 is 1.35 bits per heavy atom. The van der Waals surface area contributed by atoms with Gasteiger partial charge in [-0.3, -0.25) is 19.7 Å². The number of halogens is 1. The first-order chi connectivity index (χ1) is 10.9. The maximum Gasteiger partial charge on any atom is 0.307 e. The number of rotatable bonds is 3. The second-order valence-corrected chi connectivity index (χ2v) is 6.12. The number of Topliss-reactive ketones (excluding diaryl/α,β-unsaturated/α-hetero) is 1. The summed E-state index contributed by atoms with van der Waals surface area (Å²) >= 11 is 1.01. The first-order valence-corrected chi connectivity index (χ1v) is 7.58. The predicted molar refractivity (Wildman–Crippen MR) is 80.2 cm³/mol. The zero-order valence-electron chi connectivity index (χ0n) is 11.7. The van der Waals surface area contributed by atoms with Crippen LogP contribution < -0.4 is 5.32 Å². The van der Waals surface area contributed by atoms with Crippen LogP contribution in [-0.2, 0) is 11.2 Å². The number of carboxylic acids is 1. The minimum absolute atomic E-state index is 0.0676. The highest BCUT2D eigenvalue weighted by Crippen LogP contribution is 2.32. The summed E-state index contributed by atoms with van der Waals surface area (Å²) in [6.45, 7) is 0. The van der Waals surface area contributed by atoms with Gasteiger partial charge in [0.05, 0.1) is 16.5 Å². The highest BCUT2D eigenvalue weighted by atomic mass is 32.1. The van der Waals surface area contributed by atoms with E-state index >= 15 is 0 Å². The Morgan fingerprint density at radius 2 is 2.13 bits per heavy atom. The Labute approximate surface area is 134 Å². The average Bonchev–Trinajstić information content (AvgIpc) is 2.90. The number of nitrogens with zero attached hydrogens (tertiary/aromatic N) is 1. The van der Waals surface area contributed by atoms with Crippen molar-refractivity contribution in [1.82, 2.24) is 4.98 Å². The maximum absolute atomic E-state index is 13.1. The van der Waals surface area contributed by atoms with E-state index in [1.165, 1.54) is 18.2 Å². The molecule has 0 radical (unpaired) electrons. The summed E-state index contributed by atoms with van der Waals surface area (Å²) in [6, 6.07) is 5.19. The number of anilines is 1. The lowest BCUT2D eigenvalue weighted by Crippen LogP contribution is -2.25. The highest BCUT2D eigenvalue weighted by molar-refractivity contribution is 7.17. The van der Waals surface area contributed by atoms with E-state index < -0.39 is 23.6 Å². The number of ketones is 1. The lowest BCUT2D eigenvalue weighted by molar-refractivity contribution is -0.141. The van der Waals surface area contributed by atoms with Crippen LogP contribution in [0.15, 0.2) is 24.3 Å². The average molecular weight is 334 g/mol. The van der Waals surface area contributed by atoms with Gasteiger partial charge in [0.25, 0.3) is 5.91 Å². The van der Waals surface area contributed by atoms with Gasteiger partial charge in [-0.25, -0.2) is 9.37 Å². The van der Waals surface area contributed by atoms with E-state index in [-0.39, 0.29) is 29.3 Å². The lowest BCUT2D eigenvalue weighted by atomic mass is 9.90. The second-order valence-electron chi connectivity index (χ2n) is 5.13. The Hall–Kier alpha value is -2.61. The van der Waals surface area contributed by atoms with Crippen LogP contribution in [0.3, 0.4) is 0 Å². The molecular weight excluding hydrogens is 323 g/mol. The third-order valence-corrected chi connectivity index (χ3v) is 4.53. The van der Waals surface area contributed by atoms with E-state index in [0.717, 1.165) is 17.4 Å². The molecule has 0 bridgehead atoms. The molecule has 8 heteroatoms. The lowest BCUT2D eigenvalue weighted by Gasteiger charge is -2.15. The molecule has 1 atom stereocenters. The standard InChI is InChI=1S/C15H11FN2O4S/c16-9-3-1-2-7(4-9)13(20)18-15-17-10-5-8(14(21)22)6-11(19)12(10)23-15/h1-4,8H,5-6H2,(H,21,22)(H,17,18,20)/t8-/m0/s1. The largest absolute Gasteiger partial charge is 0.481 e. The zero-order valence-corrected chi connectivity index (χ0v) is 12.5. The highest BCUT2D eigenvalue weighted by Gasteiger charge is 2.33. The van der Waals surface area contributed by atoms with Crippen LogP contribution in [-0.4, -0.2) is 27.8 Å². The summed E-state index contributed by atoms with van der Waals surface area (Å²) < 4.78 is 13.1. The van der Waals surface area contributed by atoms with Crippen molar-refractivity contribution in [2.24, 2.45) is 5.92 Å². The molecule has 118 valence electrons. The molecule has 0 saturated carbocycles. The first kappa shape index (κ1) is 15.3. The molecule has 6 nitrogen and oxygen atoms in total. The van der Waals surface area contributed by atoms with Crippen molar-refractivity contribution >= 4 is 34.1 Å². The van der Waals surface area contributed by atoms with E-state index in [0.29, 0.717) is 10.6 Å². The van der Waals surface area contributed by atoms with Crippen molar-refractivity contribution in [3.63, 3.8) is 0 Å². The fourth-order valence-corrected chi connectivity index (χ4v) is 3.29. The van der Waals surface area contributed by atoms with Gasteiger partial charge >= 0.3 is 5.97 Å². The fraction of sp³-hybridized carbons (Fsp3) is 0.200. The molecule has 0 spiro atoms. The molecule has 0 aliphatic heterocycles. The number of hydrogen-bond acceptors (Lipinski definition) is 5. The second kappa shape index (κ2) is 5.88. The van der Waals surface area contributed by atoms with Gasteiger partial charge in [-0.1, -0.05) is 17.4 Å². The summed E-state index contributed by atoms with van der Waals surface area (Å²) in [4.78, 5) is 39.5. The van der Waals surface area contributed by atoms with Crippen molar-refractivity contribution < 1.29 is 23.9 Å². The van der Waals surface area contributed by atoms with Crippen LogP contribution in [0.25, 0.3) is 0 Å². The van der Waals surface area contributed by atoms with Gasteiger partial charge in [-0.15, -0.1) is 0 Å². The molecule has 1 amide bonds. The van der Waals surface area contributed by atoms with Gasteiger partial charge in [-0.2, -0.15) is 0 Å². The fourth-order valence-electron chi connectivity index (χ4n) is 2.36. The Balaban J connectivity index is 1.81. The summed E-state index contributed by atoms with van der Waals surface area (Å²) in [6.07, 6.45) is 0.0878. The van der Waals surface area contributed by atoms with Gasteiger partial charge in [0.1, 0.15) is 5.82 Å². The first-order valence-electron chi connectivity index (χ1n) is 6.76. The molecule has 23 heavy (non-hydrogen) atoms. The van der Waals surface area contributed by atoms with E-state index in [1.807, 2.05) is 0 Å². The molecule has 1 aliphatic rings. The van der Waals surface area contributed by atoms with Crippen LogP contribution in [0, 0.1) is 11.7 Å². The van der Waals surface area contributed by atoms with Gasteiger partial charge in [0.15, 0.2) is 10.9 Å². The number of carbonyl (C=O) groups excluding carboxylic acids is 2. The minimum atomic E-state index is -1.04. The number of aliphatic carboxylic acids is 1. The smallest absolute Gasteiger partial charge is 0.307 e. The van der Waals surface area contributed by atoms with Crippen molar-refractivity contribution in [1.29, 1.82) is 0 Å². The predicted octanol–water partition coefficient (Wildman–Crippen LogP) is 2.36. The summed E-state index contributed by atoms with van der Waals surface area (Å²) in [5.41, 5.74) is 0.515. The number of carboxylic acid groups (broad SMARTS) is 1. The van der Waals surface area contributed by atoms with Crippen LogP contribution >= 0.6 is 11.3 Å². The Kier molecular flexibility index (Phi) is 3.91. The molecular formula is C15H11FN2O4S. The molecule has 0 fully saturated rings. The molecule has 1 aromatic heterocycles. The third kappa shape index (κ3) is 3.11. The van der Waals surface area contributed by atoms with E-state index in [9.17, 15) is 18.8 Å². The topological polar surface area (TPSA) is 96.4 Å². The third-order valence-electron chi connectivity index (χ3n) is 3.48. The van der Waals surface area contributed by atoms with Gasteiger partial charge in [-0.05, 0) is 18.2 Å². The molecule has 1 heterocycles. The molecule has 1 aromatic carbocycles. The van der Waals surface area contributed by atoms with Crippen molar-refractivity contribution in [3.05, 3.63) is 46.2 Å². The van der Waals surface area contributed by atoms with E-state index in [1.54, 1.807) is 0 Å². The Morgan fingerprint density at radius 3 is 2.83 bits per heavy atom. The Bertz CT molecular complexity index is 818. The molecule has 0 saturated heterocycles. The van der Waals surface area contributed by atoms with Crippen LogP contribution in [0.2, 0.25) is 0 Å². The van der Waals surface area contributed by atoms with Gasteiger partial charge in [0, 0.05) is 18.4 Å². The maximum atomic E-state index is 13.1. The van der Waals surface area contributed by atoms with Crippen molar-refractivity contribution in [2.75, 3.05) is 5.32 Å². The van der Waals surface area contributed by atoms with Crippen LogP contribution in [0.5, 0.6) is 0 Å².